The van der Waals surface area contributed by atoms with E-state index in [1.807, 2.05) is 6.07 Å². The van der Waals surface area contributed by atoms with Gasteiger partial charge in [0.15, 0.2) is 0 Å². The summed E-state index contributed by atoms with van der Waals surface area (Å²) in [6, 6.07) is 6.83. The summed E-state index contributed by atoms with van der Waals surface area (Å²) >= 11 is 6.38. The second kappa shape index (κ2) is 7.30. The van der Waals surface area contributed by atoms with E-state index in [4.69, 9.17) is 11.6 Å². The van der Waals surface area contributed by atoms with Gasteiger partial charge >= 0.3 is 0 Å². The van der Waals surface area contributed by atoms with E-state index in [1.54, 1.807) is 0 Å². The Balaban J connectivity index is 2.00. The first kappa shape index (κ1) is 15.6. The molecule has 112 valence electrons. The third kappa shape index (κ3) is 4.37. The van der Waals surface area contributed by atoms with E-state index in [2.05, 4.69) is 36.2 Å². The summed E-state index contributed by atoms with van der Waals surface area (Å²) in [4.78, 5) is 2.26. The summed E-state index contributed by atoms with van der Waals surface area (Å²) in [7, 11) is 0. The minimum absolute atomic E-state index is 0.186. The van der Waals surface area contributed by atoms with Crippen LogP contribution in [0.15, 0.2) is 18.2 Å². The van der Waals surface area contributed by atoms with Crippen LogP contribution in [0.25, 0.3) is 0 Å². The summed E-state index contributed by atoms with van der Waals surface area (Å²) in [5, 5.41) is 13.4. The molecular formula is C16H25ClN2O. The van der Waals surface area contributed by atoms with Gasteiger partial charge in [0, 0.05) is 29.8 Å². The molecule has 1 aliphatic carbocycles. The Morgan fingerprint density at radius 3 is 2.70 bits per heavy atom. The first-order valence-corrected chi connectivity index (χ1v) is 7.86. The third-order valence-corrected chi connectivity index (χ3v) is 3.92. The molecule has 0 bridgehead atoms. The van der Waals surface area contributed by atoms with Crippen molar-refractivity contribution in [3.63, 3.8) is 0 Å². The number of aliphatic hydroxyl groups is 1. The molecule has 1 saturated carbocycles. The van der Waals surface area contributed by atoms with Crippen molar-refractivity contribution in [2.24, 2.45) is 5.92 Å². The second-order valence-corrected chi connectivity index (χ2v) is 6.36. The van der Waals surface area contributed by atoms with Crippen LogP contribution in [0.5, 0.6) is 0 Å². The van der Waals surface area contributed by atoms with Crippen molar-refractivity contribution in [3.8, 4) is 0 Å². The van der Waals surface area contributed by atoms with E-state index in [0.717, 1.165) is 29.4 Å². The largest absolute Gasteiger partial charge is 0.395 e. The summed E-state index contributed by atoms with van der Waals surface area (Å²) in [6.07, 6.45) is 2.44. The lowest BCUT2D eigenvalue weighted by atomic mass is 10.1. The van der Waals surface area contributed by atoms with Gasteiger partial charge in [0.05, 0.1) is 6.61 Å². The Morgan fingerprint density at radius 2 is 2.15 bits per heavy atom. The number of rotatable bonds is 8. The maximum atomic E-state index is 9.18. The SMILES string of the molecule is CC(C)CNCc1ccc(N(CCO)C2CC2)cc1Cl. The van der Waals surface area contributed by atoms with E-state index in [-0.39, 0.29) is 6.61 Å². The smallest absolute Gasteiger partial charge is 0.0606 e. The number of benzene rings is 1. The zero-order valence-electron chi connectivity index (χ0n) is 12.4. The molecule has 2 N–H and O–H groups in total. The predicted molar refractivity (Wildman–Crippen MR) is 85.5 cm³/mol. The quantitative estimate of drug-likeness (QED) is 0.774. The van der Waals surface area contributed by atoms with Gasteiger partial charge in [0.1, 0.15) is 0 Å². The molecular weight excluding hydrogens is 272 g/mol. The van der Waals surface area contributed by atoms with Crippen LogP contribution in [-0.4, -0.2) is 30.8 Å². The highest BCUT2D eigenvalue weighted by Gasteiger charge is 2.29. The maximum Gasteiger partial charge on any atom is 0.0606 e. The van der Waals surface area contributed by atoms with Crippen LogP contribution >= 0.6 is 11.6 Å². The van der Waals surface area contributed by atoms with Crippen molar-refractivity contribution in [2.45, 2.75) is 39.3 Å². The Hall–Kier alpha value is -0.770. The first-order chi connectivity index (χ1) is 9.61. The number of halogens is 1. The molecule has 0 radical (unpaired) electrons. The maximum absolute atomic E-state index is 9.18. The number of hydrogen-bond acceptors (Lipinski definition) is 3. The van der Waals surface area contributed by atoms with E-state index < -0.39 is 0 Å². The molecule has 0 amide bonds. The predicted octanol–water partition coefficient (Wildman–Crippen LogP) is 3.05. The van der Waals surface area contributed by atoms with Gasteiger partial charge in [-0.15, -0.1) is 0 Å². The fraction of sp³-hybridized carbons (Fsp3) is 0.625. The second-order valence-electron chi connectivity index (χ2n) is 5.95. The lowest BCUT2D eigenvalue weighted by Crippen LogP contribution is -2.28. The van der Waals surface area contributed by atoms with Gasteiger partial charge in [-0.05, 0) is 43.0 Å². The van der Waals surface area contributed by atoms with Gasteiger partial charge in [-0.1, -0.05) is 31.5 Å². The number of aliphatic hydroxyl groups excluding tert-OH is 1. The molecule has 2 rings (SSSR count). The van der Waals surface area contributed by atoms with E-state index in [9.17, 15) is 5.11 Å². The van der Waals surface area contributed by atoms with Crippen LogP contribution in [0.4, 0.5) is 5.69 Å². The van der Waals surface area contributed by atoms with E-state index in [1.165, 1.54) is 12.8 Å². The van der Waals surface area contributed by atoms with Crippen LogP contribution in [0.1, 0.15) is 32.3 Å². The number of anilines is 1. The normalized spacial score (nSPS) is 14.8. The van der Waals surface area contributed by atoms with E-state index >= 15 is 0 Å². The summed E-state index contributed by atoms with van der Waals surface area (Å²) in [5.74, 6) is 0.642. The van der Waals surface area contributed by atoms with Crippen molar-refractivity contribution in [2.75, 3.05) is 24.6 Å². The van der Waals surface area contributed by atoms with Gasteiger partial charge in [-0.25, -0.2) is 0 Å². The Kier molecular flexibility index (Phi) is 5.70. The van der Waals surface area contributed by atoms with Crippen molar-refractivity contribution in [3.05, 3.63) is 28.8 Å². The lowest BCUT2D eigenvalue weighted by Gasteiger charge is -2.24. The van der Waals surface area contributed by atoms with Crippen LogP contribution in [0, 0.1) is 5.92 Å². The average Bonchev–Trinajstić information content (AvgIpc) is 3.22. The Bertz CT molecular complexity index is 432. The Morgan fingerprint density at radius 1 is 1.40 bits per heavy atom. The van der Waals surface area contributed by atoms with Crippen molar-refractivity contribution >= 4 is 17.3 Å². The minimum atomic E-state index is 0.186. The van der Waals surface area contributed by atoms with Crippen molar-refractivity contribution in [1.82, 2.24) is 5.32 Å². The molecule has 1 aliphatic rings. The molecule has 0 aromatic heterocycles. The molecule has 1 aromatic carbocycles. The number of nitrogens with zero attached hydrogens (tertiary/aromatic N) is 1. The van der Waals surface area contributed by atoms with Crippen LogP contribution in [0.2, 0.25) is 5.02 Å². The highest BCUT2D eigenvalue weighted by Crippen LogP contribution is 2.33. The van der Waals surface area contributed by atoms with Crippen molar-refractivity contribution in [1.29, 1.82) is 0 Å². The average molecular weight is 297 g/mol. The summed E-state index contributed by atoms with van der Waals surface area (Å²) in [5.41, 5.74) is 2.26. The lowest BCUT2D eigenvalue weighted by molar-refractivity contribution is 0.301. The van der Waals surface area contributed by atoms with Gasteiger partial charge in [-0.2, -0.15) is 0 Å². The molecule has 3 nitrogen and oxygen atoms in total. The van der Waals surface area contributed by atoms with Gasteiger partial charge in [0.25, 0.3) is 0 Å². The molecule has 0 saturated heterocycles. The molecule has 1 fully saturated rings. The van der Waals surface area contributed by atoms with Crippen molar-refractivity contribution < 1.29 is 5.11 Å². The number of nitrogens with one attached hydrogen (secondary N) is 1. The van der Waals surface area contributed by atoms with Gasteiger partial charge in [0.2, 0.25) is 0 Å². The standard InChI is InChI=1S/C16H25ClN2O/c1-12(2)10-18-11-13-3-4-15(9-16(13)17)19(7-8-20)14-5-6-14/h3-4,9,12,14,18,20H,5-8,10-11H2,1-2H3. The van der Waals surface area contributed by atoms with Crippen LogP contribution in [0.3, 0.4) is 0 Å². The molecule has 0 atom stereocenters. The highest BCUT2D eigenvalue weighted by molar-refractivity contribution is 6.31. The zero-order chi connectivity index (χ0) is 14.5. The monoisotopic (exact) mass is 296 g/mol. The number of hydrogen-bond donors (Lipinski definition) is 2. The molecule has 1 aromatic rings. The molecule has 0 spiro atoms. The topological polar surface area (TPSA) is 35.5 Å². The molecule has 0 aliphatic heterocycles. The van der Waals surface area contributed by atoms with Gasteiger partial charge < -0.3 is 15.3 Å². The zero-order valence-corrected chi connectivity index (χ0v) is 13.2. The van der Waals surface area contributed by atoms with Gasteiger partial charge in [-0.3, -0.25) is 0 Å². The molecule has 4 heteroatoms. The highest BCUT2D eigenvalue weighted by atomic mass is 35.5. The fourth-order valence-electron chi connectivity index (χ4n) is 2.37. The Labute approximate surface area is 126 Å². The first-order valence-electron chi connectivity index (χ1n) is 7.48. The third-order valence-electron chi connectivity index (χ3n) is 3.56. The fourth-order valence-corrected chi connectivity index (χ4v) is 2.61. The van der Waals surface area contributed by atoms with E-state index in [0.29, 0.717) is 18.5 Å². The molecule has 0 unspecified atom stereocenters. The summed E-state index contributed by atoms with van der Waals surface area (Å²) < 4.78 is 0. The minimum Gasteiger partial charge on any atom is -0.395 e. The van der Waals surface area contributed by atoms with Crippen LogP contribution < -0.4 is 10.2 Å². The summed E-state index contributed by atoms with van der Waals surface area (Å²) in [6.45, 7) is 7.06. The molecule has 20 heavy (non-hydrogen) atoms. The molecule has 0 heterocycles. The van der Waals surface area contributed by atoms with Crippen LogP contribution in [-0.2, 0) is 6.54 Å².